The first-order valence-corrected chi connectivity index (χ1v) is 6.79. The number of rotatable bonds is 5. The van der Waals surface area contributed by atoms with E-state index in [1.165, 1.54) is 11.8 Å². The van der Waals surface area contributed by atoms with Crippen molar-refractivity contribution in [2.24, 2.45) is 5.41 Å². The Bertz CT molecular complexity index is 386. The second-order valence-electron chi connectivity index (χ2n) is 5.38. The molecule has 17 heavy (non-hydrogen) atoms. The minimum absolute atomic E-state index is 0.0207. The first-order valence-electron chi connectivity index (χ1n) is 5.57. The van der Waals surface area contributed by atoms with Crippen molar-refractivity contribution in [2.75, 3.05) is 26.9 Å². The largest absolute Gasteiger partial charge is 0.494 e. The highest BCUT2D eigenvalue weighted by atomic mass is 32.2. The summed E-state index contributed by atoms with van der Waals surface area (Å²) in [4.78, 5) is 2.82. The van der Waals surface area contributed by atoms with Gasteiger partial charge in [-0.05, 0) is 25.8 Å². The number of aromatic nitrogens is 1. The topological polar surface area (TPSA) is 48.6 Å². The minimum Gasteiger partial charge on any atom is -0.494 e. The fourth-order valence-corrected chi connectivity index (χ4v) is 2.66. The quantitative estimate of drug-likeness (QED) is 0.795. The Morgan fingerprint density at radius 3 is 2.35 bits per heavy atom. The van der Waals surface area contributed by atoms with Crippen LogP contribution in [0.3, 0.4) is 0 Å². The second-order valence-corrected chi connectivity index (χ2v) is 6.23. The van der Waals surface area contributed by atoms with Gasteiger partial charge >= 0.3 is 0 Å². The molecule has 5 heteroatoms. The molecule has 0 unspecified atom stereocenters. The summed E-state index contributed by atoms with van der Waals surface area (Å²) < 4.78 is 1.56. The van der Waals surface area contributed by atoms with Crippen LogP contribution in [0.4, 0.5) is 0 Å². The molecule has 0 aliphatic carbocycles. The number of hydrogen-bond acceptors (Lipinski definition) is 4. The predicted molar refractivity (Wildman–Crippen MR) is 71.9 cm³/mol. The molecule has 0 aliphatic rings. The maximum atomic E-state index is 9.98. The molecule has 1 aromatic rings. The lowest BCUT2D eigenvalue weighted by Crippen LogP contribution is -2.32. The van der Waals surface area contributed by atoms with Crippen LogP contribution >= 0.6 is 11.8 Å². The molecule has 98 valence electrons. The van der Waals surface area contributed by atoms with Gasteiger partial charge in [0, 0.05) is 19.2 Å². The standard InChI is InChI=1S/C12H22N2O2S/c1-12(2,7-13(3)4)8-14-10(15)6-9(17-5)11(14)16/h6,15-16H,7-8H2,1-5H3. The van der Waals surface area contributed by atoms with E-state index in [2.05, 4.69) is 18.7 Å². The van der Waals surface area contributed by atoms with Crippen molar-refractivity contribution < 1.29 is 10.2 Å². The lowest BCUT2D eigenvalue weighted by molar-refractivity contribution is 0.196. The Morgan fingerprint density at radius 1 is 1.35 bits per heavy atom. The third-order valence-electron chi connectivity index (χ3n) is 2.56. The van der Waals surface area contributed by atoms with Crippen LogP contribution in [0.1, 0.15) is 13.8 Å². The van der Waals surface area contributed by atoms with E-state index in [-0.39, 0.29) is 17.2 Å². The van der Waals surface area contributed by atoms with Crippen LogP contribution in [0.15, 0.2) is 11.0 Å². The molecular formula is C12H22N2O2S. The Labute approximate surface area is 107 Å². The van der Waals surface area contributed by atoms with Gasteiger partial charge in [0.15, 0.2) is 5.88 Å². The summed E-state index contributed by atoms with van der Waals surface area (Å²) >= 11 is 1.43. The number of thioether (sulfide) groups is 1. The lowest BCUT2D eigenvalue weighted by atomic mass is 9.93. The van der Waals surface area contributed by atoms with Crippen LogP contribution < -0.4 is 0 Å². The Hall–Kier alpha value is -0.810. The van der Waals surface area contributed by atoms with E-state index in [0.717, 1.165) is 6.54 Å². The zero-order chi connectivity index (χ0) is 13.2. The Kier molecular flexibility index (Phi) is 4.38. The van der Waals surface area contributed by atoms with E-state index < -0.39 is 0 Å². The zero-order valence-electron chi connectivity index (χ0n) is 11.2. The van der Waals surface area contributed by atoms with Gasteiger partial charge in [-0.2, -0.15) is 0 Å². The van der Waals surface area contributed by atoms with E-state index in [1.807, 2.05) is 20.4 Å². The van der Waals surface area contributed by atoms with Gasteiger partial charge in [-0.15, -0.1) is 11.8 Å². The van der Waals surface area contributed by atoms with Crippen LogP contribution in [0.2, 0.25) is 0 Å². The van der Waals surface area contributed by atoms with Crippen molar-refractivity contribution >= 4 is 11.8 Å². The predicted octanol–water partition coefficient (Wildman–Crippen LogP) is 2.21. The fourth-order valence-electron chi connectivity index (χ4n) is 2.14. The molecule has 0 saturated carbocycles. The second kappa shape index (κ2) is 5.23. The van der Waals surface area contributed by atoms with Crippen LogP contribution in [-0.2, 0) is 6.54 Å². The van der Waals surface area contributed by atoms with E-state index in [1.54, 1.807) is 10.6 Å². The van der Waals surface area contributed by atoms with E-state index >= 15 is 0 Å². The lowest BCUT2D eigenvalue weighted by Gasteiger charge is -2.29. The molecule has 0 radical (unpaired) electrons. The normalized spacial score (nSPS) is 12.4. The highest BCUT2D eigenvalue weighted by Crippen LogP contribution is 2.36. The third kappa shape index (κ3) is 3.57. The highest BCUT2D eigenvalue weighted by molar-refractivity contribution is 7.98. The maximum Gasteiger partial charge on any atom is 0.208 e. The summed E-state index contributed by atoms with van der Waals surface area (Å²) in [5.74, 6) is 0.278. The fraction of sp³-hybridized carbons (Fsp3) is 0.667. The van der Waals surface area contributed by atoms with Crippen molar-refractivity contribution in [1.82, 2.24) is 9.47 Å². The van der Waals surface area contributed by atoms with Crippen molar-refractivity contribution in [3.8, 4) is 11.8 Å². The van der Waals surface area contributed by atoms with Crippen molar-refractivity contribution in [1.29, 1.82) is 0 Å². The molecular weight excluding hydrogens is 236 g/mol. The molecule has 0 aromatic carbocycles. The summed E-state index contributed by atoms with van der Waals surface area (Å²) in [5.41, 5.74) is -0.0207. The van der Waals surface area contributed by atoms with Gasteiger partial charge < -0.3 is 15.1 Å². The highest BCUT2D eigenvalue weighted by Gasteiger charge is 2.23. The third-order valence-corrected chi connectivity index (χ3v) is 3.30. The van der Waals surface area contributed by atoms with Gasteiger partial charge in [-0.3, -0.25) is 4.57 Å². The van der Waals surface area contributed by atoms with E-state index in [0.29, 0.717) is 11.4 Å². The van der Waals surface area contributed by atoms with Gasteiger partial charge in [0.2, 0.25) is 5.88 Å². The average molecular weight is 258 g/mol. The van der Waals surface area contributed by atoms with Crippen molar-refractivity contribution in [3.05, 3.63) is 6.07 Å². The number of hydrogen-bond donors (Lipinski definition) is 2. The summed E-state index contributed by atoms with van der Waals surface area (Å²) in [6.07, 6.45) is 1.88. The number of nitrogens with zero attached hydrogens (tertiary/aromatic N) is 2. The summed E-state index contributed by atoms with van der Waals surface area (Å²) in [6, 6.07) is 1.60. The summed E-state index contributed by atoms with van der Waals surface area (Å²) in [6.45, 7) is 5.71. The summed E-state index contributed by atoms with van der Waals surface area (Å²) in [5, 5.41) is 19.8. The van der Waals surface area contributed by atoms with Crippen LogP contribution in [0.5, 0.6) is 11.8 Å². The molecule has 4 nitrogen and oxygen atoms in total. The first kappa shape index (κ1) is 14.3. The molecule has 2 N–H and O–H groups in total. The molecule has 1 aromatic heterocycles. The summed E-state index contributed by atoms with van der Waals surface area (Å²) in [7, 11) is 4.04. The van der Waals surface area contributed by atoms with Gasteiger partial charge in [-0.1, -0.05) is 13.8 Å². The van der Waals surface area contributed by atoms with Gasteiger partial charge in [-0.25, -0.2) is 0 Å². The Balaban J connectivity index is 2.91. The molecule has 0 spiro atoms. The van der Waals surface area contributed by atoms with Crippen LogP contribution in [0, 0.1) is 5.41 Å². The molecule has 0 aliphatic heterocycles. The first-order chi connectivity index (χ1) is 7.76. The molecule has 0 amide bonds. The molecule has 0 atom stereocenters. The molecule has 0 bridgehead atoms. The van der Waals surface area contributed by atoms with E-state index in [4.69, 9.17) is 0 Å². The smallest absolute Gasteiger partial charge is 0.208 e. The number of aromatic hydroxyl groups is 2. The zero-order valence-corrected chi connectivity index (χ0v) is 12.0. The average Bonchev–Trinajstić information content (AvgIpc) is 2.42. The Morgan fingerprint density at radius 2 is 1.94 bits per heavy atom. The van der Waals surface area contributed by atoms with Gasteiger partial charge in [0.1, 0.15) is 0 Å². The van der Waals surface area contributed by atoms with Crippen LogP contribution in [0.25, 0.3) is 0 Å². The monoisotopic (exact) mass is 258 g/mol. The molecule has 0 saturated heterocycles. The van der Waals surface area contributed by atoms with Crippen molar-refractivity contribution in [3.63, 3.8) is 0 Å². The van der Waals surface area contributed by atoms with Crippen LogP contribution in [-0.4, -0.2) is 46.6 Å². The van der Waals surface area contributed by atoms with Gasteiger partial charge in [0.25, 0.3) is 0 Å². The SMILES string of the molecule is CSc1cc(O)n(CC(C)(C)CN(C)C)c1O. The molecule has 0 fully saturated rings. The maximum absolute atomic E-state index is 9.98. The molecule has 1 rings (SSSR count). The van der Waals surface area contributed by atoms with Crippen molar-refractivity contribution in [2.45, 2.75) is 25.3 Å². The van der Waals surface area contributed by atoms with Gasteiger partial charge in [0.05, 0.1) is 4.90 Å². The molecule has 1 heterocycles. The minimum atomic E-state index is -0.0207. The van der Waals surface area contributed by atoms with E-state index in [9.17, 15) is 10.2 Å².